The van der Waals surface area contributed by atoms with Gasteiger partial charge in [-0.1, -0.05) is 39.5 Å². The third-order valence-electron chi connectivity index (χ3n) is 3.12. The zero-order valence-corrected chi connectivity index (χ0v) is 12.0. The molecule has 0 unspecified atom stereocenters. The number of phenols is 1. The SMILES string of the molecule is CC(C)CCCCCCNC(=O)c1ccc(O)cc1. The van der Waals surface area contributed by atoms with E-state index in [0.717, 1.165) is 18.9 Å². The normalized spacial score (nSPS) is 10.7. The molecular weight excluding hydrogens is 238 g/mol. The maximum atomic E-state index is 11.7. The number of unbranched alkanes of at least 4 members (excludes halogenated alkanes) is 3. The number of hydrogen-bond donors (Lipinski definition) is 2. The number of carbonyl (C=O) groups is 1. The average molecular weight is 263 g/mol. The van der Waals surface area contributed by atoms with Crippen molar-refractivity contribution in [2.24, 2.45) is 5.92 Å². The number of carbonyl (C=O) groups excluding carboxylic acids is 1. The van der Waals surface area contributed by atoms with Gasteiger partial charge in [0.05, 0.1) is 0 Å². The Morgan fingerprint density at radius 3 is 2.37 bits per heavy atom. The lowest BCUT2D eigenvalue weighted by atomic mass is 10.0. The van der Waals surface area contributed by atoms with Crippen LogP contribution in [0.3, 0.4) is 0 Å². The molecule has 1 aromatic carbocycles. The molecule has 3 nitrogen and oxygen atoms in total. The first-order valence-electron chi connectivity index (χ1n) is 7.17. The molecule has 0 aliphatic carbocycles. The van der Waals surface area contributed by atoms with Gasteiger partial charge in [-0.25, -0.2) is 0 Å². The van der Waals surface area contributed by atoms with E-state index in [1.54, 1.807) is 12.1 Å². The second-order valence-electron chi connectivity index (χ2n) is 5.40. The molecule has 0 fully saturated rings. The molecule has 0 aliphatic rings. The van der Waals surface area contributed by atoms with E-state index in [1.165, 1.54) is 37.8 Å². The second kappa shape index (κ2) is 8.57. The molecule has 3 heteroatoms. The number of aromatic hydroxyl groups is 1. The molecule has 2 N–H and O–H groups in total. The van der Waals surface area contributed by atoms with Crippen molar-refractivity contribution in [1.29, 1.82) is 0 Å². The van der Waals surface area contributed by atoms with E-state index in [-0.39, 0.29) is 11.7 Å². The summed E-state index contributed by atoms with van der Waals surface area (Å²) in [5, 5.41) is 12.0. The summed E-state index contributed by atoms with van der Waals surface area (Å²) in [7, 11) is 0. The third kappa shape index (κ3) is 6.85. The van der Waals surface area contributed by atoms with Gasteiger partial charge in [0.1, 0.15) is 5.75 Å². The number of nitrogens with one attached hydrogen (secondary N) is 1. The first-order valence-corrected chi connectivity index (χ1v) is 7.17. The highest BCUT2D eigenvalue weighted by Crippen LogP contribution is 2.10. The highest BCUT2D eigenvalue weighted by atomic mass is 16.3. The van der Waals surface area contributed by atoms with Gasteiger partial charge in [-0.3, -0.25) is 4.79 Å². The van der Waals surface area contributed by atoms with E-state index in [0.29, 0.717) is 5.56 Å². The van der Waals surface area contributed by atoms with Crippen LogP contribution in [0.1, 0.15) is 56.3 Å². The molecule has 0 saturated carbocycles. The molecule has 0 heterocycles. The topological polar surface area (TPSA) is 49.3 Å². The maximum absolute atomic E-state index is 11.7. The standard InChI is InChI=1S/C16H25NO2/c1-13(2)7-5-3-4-6-12-17-16(19)14-8-10-15(18)11-9-14/h8-11,13,18H,3-7,12H2,1-2H3,(H,17,19). The molecular formula is C16H25NO2. The van der Waals surface area contributed by atoms with E-state index in [2.05, 4.69) is 19.2 Å². The van der Waals surface area contributed by atoms with E-state index in [1.807, 2.05) is 0 Å². The van der Waals surface area contributed by atoms with Crippen LogP contribution in [0.5, 0.6) is 5.75 Å². The van der Waals surface area contributed by atoms with Crippen molar-refractivity contribution in [3.8, 4) is 5.75 Å². The van der Waals surface area contributed by atoms with Crippen molar-refractivity contribution in [3.63, 3.8) is 0 Å². The Hall–Kier alpha value is -1.51. The Morgan fingerprint density at radius 1 is 1.11 bits per heavy atom. The number of benzene rings is 1. The van der Waals surface area contributed by atoms with Crippen LogP contribution in [-0.2, 0) is 0 Å². The van der Waals surface area contributed by atoms with Crippen LogP contribution in [0, 0.1) is 5.92 Å². The van der Waals surface area contributed by atoms with Gasteiger partial charge in [0.25, 0.3) is 5.91 Å². The van der Waals surface area contributed by atoms with Gasteiger partial charge < -0.3 is 10.4 Å². The van der Waals surface area contributed by atoms with Gasteiger partial charge >= 0.3 is 0 Å². The highest BCUT2D eigenvalue weighted by molar-refractivity contribution is 5.94. The minimum Gasteiger partial charge on any atom is -0.508 e. The summed E-state index contributed by atoms with van der Waals surface area (Å²) < 4.78 is 0. The predicted molar refractivity (Wildman–Crippen MR) is 78.4 cm³/mol. The van der Waals surface area contributed by atoms with Crippen molar-refractivity contribution in [2.45, 2.75) is 46.0 Å². The molecule has 0 spiro atoms. The summed E-state index contributed by atoms with van der Waals surface area (Å²) in [5.74, 6) is 0.901. The smallest absolute Gasteiger partial charge is 0.251 e. The Balaban J connectivity index is 2.09. The largest absolute Gasteiger partial charge is 0.508 e. The summed E-state index contributed by atoms with van der Waals surface area (Å²) >= 11 is 0. The van der Waals surface area contributed by atoms with Crippen LogP contribution in [0.15, 0.2) is 24.3 Å². The molecule has 0 aromatic heterocycles. The van der Waals surface area contributed by atoms with Gasteiger partial charge in [-0.2, -0.15) is 0 Å². The first-order chi connectivity index (χ1) is 9.09. The van der Waals surface area contributed by atoms with Gasteiger partial charge in [-0.05, 0) is 36.6 Å². The quantitative estimate of drug-likeness (QED) is 0.702. The lowest BCUT2D eigenvalue weighted by Gasteiger charge is -2.06. The van der Waals surface area contributed by atoms with Crippen LogP contribution in [-0.4, -0.2) is 17.6 Å². The lowest BCUT2D eigenvalue weighted by Crippen LogP contribution is -2.24. The third-order valence-corrected chi connectivity index (χ3v) is 3.12. The minimum atomic E-state index is -0.0674. The summed E-state index contributed by atoms with van der Waals surface area (Å²) in [6.07, 6.45) is 6.02. The van der Waals surface area contributed by atoms with E-state index >= 15 is 0 Å². The van der Waals surface area contributed by atoms with E-state index < -0.39 is 0 Å². The number of rotatable bonds is 8. The lowest BCUT2D eigenvalue weighted by molar-refractivity contribution is 0.0953. The molecule has 1 amide bonds. The van der Waals surface area contributed by atoms with Gasteiger partial charge in [0, 0.05) is 12.1 Å². The number of amides is 1. The van der Waals surface area contributed by atoms with Crippen molar-refractivity contribution >= 4 is 5.91 Å². The van der Waals surface area contributed by atoms with Crippen LogP contribution in [0.4, 0.5) is 0 Å². The number of phenolic OH excluding ortho intramolecular Hbond substituents is 1. The minimum absolute atomic E-state index is 0.0674. The zero-order chi connectivity index (χ0) is 14.1. The molecule has 0 aliphatic heterocycles. The van der Waals surface area contributed by atoms with Crippen LogP contribution in [0.25, 0.3) is 0 Å². The predicted octanol–water partition coefficient (Wildman–Crippen LogP) is 3.73. The molecule has 1 rings (SSSR count). The van der Waals surface area contributed by atoms with Gasteiger partial charge in [0.2, 0.25) is 0 Å². The Bertz CT molecular complexity index is 371. The Labute approximate surface area is 116 Å². The fourth-order valence-corrected chi connectivity index (χ4v) is 1.95. The molecule has 1 aromatic rings. The molecule has 0 saturated heterocycles. The number of hydrogen-bond acceptors (Lipinski definition) is 2. The average Bonchev–Trinajstić information content (AvgIpc) is 2.38. The van der Waals surface area contributed by atoms with Crippen LogP contribution in [0.2, 0.25) is 0 Å². The molecule has 0 radical (unpaired) electrons. The maximum Gasteiger partial charge on any atom is 0.251 e. The van der Waals surface area contributed by atoms with Crippen molar-refractivity contribution in [1.82, 2.24) is 5.32 Å². The second-order valence-corrected chi connectivity index (χ2v) is 5.40. The zero-order valence-electron chi connectivity index (χ0n) is 12.0. The summed E-state index contributed by atoms with van der Waals surface area (Å²) in [4.78, 5) is 11.7. The van der Waals surface area contributed by atoms with Crippen molar-refractivity contribution in [3.05, 3.63) is 29.8 Å². The molecule has 106 valence electrons. The Kier molecular flexibility index (Phi) is 7.01. The van der Waals surface area contributed by atoms with Crippen molar-refractivity contribution in [2.75, 3.05) is 6.54 Å². The monoisotopic (exact) mass is 263 g/mol. The van der Waals surface area contributed by atoms with Gasteiger partial charge in [-0.15, -0.1) is 0 Å². The molecule has 19 heavy (non-hydrogen) atoms. The van der Waals surface area contributed by atoms with E-state index in [4.69, 9.17) is 5.11 Å². The molecule has 0 atom stereocenters. The fraction of sp³-hybridized carbons (Fsp3) is 0.562. The van der Waals surface area contributed by atoms with Crippen LogP contribution < -0.4 is 5.32 Å². The fourth-order valence-electron chi connectivity index (χ4n) is 1.95. The Morgan fingerprint density at radius 2 is 1.74 bits per heavy atom. The van der Waals surface area contributed by atoms with Crippen molar-refractivity contribution < 1.29 is 9.90 Å². The summed E-state index contributed by atoms with van der Waals surface area (Å²) in [5.41, 5.74) is 0.595. The van der Waals surface area contributed by atoms with E-state index in [9.17, 15) is 4.79 Å². The van der Waals surface area contributed by atoms with Gasteiger partial charge in [0.15, 0.2) is 0 Å². The van der Waals surface area contributed by atoms with Crippen LogP contribution >= 0.6 is 0 Å². The highest BCUT2D eigenvalue weighted by Gasteiger charge is 2.03. The summed E-state index contributed by atoms with van der Waals surface area (Å²) in [6, 6.07) is 6.32. The first kappa shape index (κ1) is 15.5. The summed E-state index contributed by atoms with van der Waals surface area (Å²) in [6.45, 7) is 5.22. The molecule has 0 bridgehead atoms.